The van der Waals surface area contributed by atoms with E-state index in [-0.39, 0.29) is 24.8 Å². The summed E-state index contributed by atoms with van der Waals surface area (Å²) in [5, 5.41) is 8.73. The summed E-state index contributed by atoms with van der Waals surface area (Å²) in [6.45, 7) is 9.05. The first-order valence-electron chi connectivity index (χ1n) is 7.94. The van der Waals surface area contributed by atoms with Gasteiger partial charge in [-0.1, -0.05) is 45.0 Å². The molecule has 0 fully saturated rings. The lowest BCUT2D eigenvalue weighted by Gasteiger charge is -2.22. The lowest BCUT2D eigenvalue weighted by molar-refractivity contribution is -0.138. The monoisotopic (exact) mass is 305 g/mol. The summed E-state index contributed by atoms with van der Waals surface area (Å²) in [5.41, 5.74) is 2.44. The van der Waals surface area contributed by atoms with Crippen LogP contribution in [0.1, 0.15) is 63.5 Å². The molecule has 1 rings (SSSR count). The van der Waals surface area contributed by atoms with Crippen LogP contribution >= 0.6 is 0 Å². The van der Waals surface area contributed by atoms with E-state index in [0.717, 1.165) is 5.56 Å². The first-order valence-corrected chi connectivity index (χ1v) is 7.94. The molecule has 0 aliphatic carbocycles. The van der Waals surface area contributed by atoms with Crippen LogP contribution < -0.4 is 0 Å². The number of rotatable bonds is 8. The van der Waals surface area contributed by atoms with Gasteiger partial charge in [-0.05, 0) is 29.9 Å². The van der Waals surface area contributed by atoms with Crippen LogP contribution in [-0.4, -0.2) is 35.0 Å². The highest BCUT2D eigenvalue weighted by molar-refractivity contribution is 5.77. The Labute approximate surface area is 133 Å². The third-order valence-electron chi connectivity index (χ3n) is 3.98. The minimum Gasteiger partial charge on any atom is -0.481 e. The zero-order valence-corrected chi connectivity index (χ0v) is 14.0. The summed E-state index contributed by atoms with van der Waals surface area (Å²) in [6.07, 6.45) is 0.408. The molecule has 122 valence electrons. The van der Waals surface area contributed by atoms with Crippen molar-refractivity contribution in [3.63, 3.8) is 0 Å². The van der Waals surface area contributed by atoms with E-state index in [1.807, 2.05) is 13.8 Å². The van der Waals surface area contributed by atoms with Crippen LogP contribution in [0, 0.1) is 0 Å². The number of hydrogen-bond donors (Lipinski definition) is 1. The Balaban J connectivity index is 2.63. The number of carboxylic acids is 1. The van der Waals surface area contributed by atoms with E-state index in [1.165, 1.54) is 5.56 Å². The SMILES string of the molecule is CCN(CCC(=O)O)C(=O)CC(C)c1ccc(C(C)C)cc1. The molecule has 1 atom stereocenters. The third kappa shape index (κ3) is 5.51. The van der Waals surface area contributed by atoms with Gasteiger partial charge in [-0.15, -0.1) is 0 Å². The van der Waals surface area contributed by atoms with Gasteiger partial charge in [-0.2, -0.15) is 0 Å². The second-order valence-corrected chi connectivity index (χ2v) is 6.04. The van der Waals surface area contributed by atoms with Crippen LogP contribution in [0.15, 0.2) is 24.3 Å². The van der Waals surface area contributed by atoms with Crippen LogP contribution in [-0.2, 0) is 9.59 Å². The average Bonchev–Trinajstić information content (AvgIpc) is 2.47. The van der Waals surface area contributed by atoms with E-state index < -0.39 is 5.97 Å². The molecular formula is C18H27NO3. The first-order chi connectivity index (χ1) is 10.3. The molecule has 0 heterocycles. The fourth-order valence-electron chi connectivity index (χ4n) is 2.41. The van der Waals surface area contributed by atoms with E-state index in [0.29, 0.717) is 18.9 Å². The first kappa shape index (κ1) is 18.2. The van der Waals surface area contributed by atoms with E-state index >= 15 is 0 Å². The summed E-state index contributed by atoms with van der Waals surface area (Å²) in [5.74, 6) is -0.224. The molecule has 22 heavy (non-hydrogen) atoms. The predicted octanol–water partition coefficient (Wildman–Crippen LogP) is 3.63. The summed E-state index contributed by atoms with van der Waals surface area (Å²) < 4.78 is 0. The third-order valence-corrected chi connectivity index (χ3v) is 3.98. The number of hydrogen-bond acceptors (Lipinski definition) is 2. The average molecular weight is 305 g/mol. The lowest BCUT2D eigenvalue weighted by Crippen LogP contribution is -2.33. The molecule has 0 saturated carbocycles. The number of carbonyl (C=O) groups is 2. The van der Waals surface area contributed by atoms with Crippen LogP contribution in [0.2, 0.25) is 0 Å². The van der Waals surface area contributed by atoms with E-state index in [1.54, 1.807) is 4.90 Å². The van der Waals surface area contributed by atoms with Crippen molar-refractivity contribution >= 4 is 11.9 Å². The Hall–Kier alpha value is -1.84. The van der Waals surface area contributed by atoms with Crippen LogP contribution in [0.3, 0.4) is 0 Å². The van der Waals surface area contributed by atoms with Crippen molar-refractivity contribution < 1.29 is 14.7 Å². The number of nitrogens with zero attached hydrogens (tertiary/aromatic N) is 1. The number of benzene rings is 1. The Morgan fingerprint density at radius 2 is 1.64 bits per heavy atom. The topological polar surface area (TPSA) is 57.6 Å². The largest absolute Gasteiger partial charge is 0.481 e. The fourth-order valence-corrected chi connectivity index (χ4v) is 2.41. The van der Waals surface area contributed by atoms with Gasteiger partial charge in [0.05, 0.1) is 6.42 Å². The van der Waals surface area contributed by atoms with Crippen molar-refractivity contribution in [3.05, 3.63) is 35.4 Å². The lowest BCUT2D eigenvalue weighted by atomic mass is 9.94. The molecule has 0 aliphatic rings. The maximum absolute atomic E-state index is 12.3. The normalized spacial score (nSPS) is 12.2. The van der Waals surface area contributed by atoms with E-state index in [4.69, 9.17) is 5.11 Å². The van der Waals surface area contributed by atoms with Crippen LogP contribution in [0.4, 0.5) is 0 Å². The molecule has 0 bridgehead atoms. The highest BCUT2D eigenvalue weighted by Gasteiger charge is 2.17. The summed E-state index contributed by atoms with van der Waals surface area (Å²) >= 11 is 0. The Morgan fingerprint density at radius 3 is 2.09 bits per heavy atom. The zero-order valence-electron chi connectivity index (χ0n) is 14.0. The maximum atomic E-state index is 12.3. The minimum absolute atomic E-state index is 0.00293. The van der Waals surface area contributed by atoms with Gasteiger partial charge in [0.25, 0.3) is 0 Å². The van der Waals surface area contributed by atoms with Gasteiger partial charge in [0.15, 0.2) is 0 Å². The standard InChI is InChI=1S/C18H27NO3/c1-5-19(11-10-18(21)22)17(20)12-14(4)16-8-6-15(7-9-16)13(2)3/h6-9,13-14H,5,10-12H2,1-4H3,(H,21,22). The molecule has 0 saturated heterocycles. The van der Waals surface area contributed by atoms with Crippen molar-refractivity contribution in [2.45, 2.75) is 52.4 Å². The van der Waals surface area contributed by atoms with Crippen molar-refractivity contribution in [2.24, 2.45) is 0 Å². The van der Waals surface area contributed by atoms with Gasteiger partial charge in [-0.25, -0.2) is 0 Å². The second kappa shape index (κ2) is 8.57. The second-order valence-electron chi connectivity index (χ2n) is 6.04. The Morgan fingerprint density at radius 1 is 1.09 bits per heavy atom. The fraction of sp³-hybridized carbons (Fsp3) is 0.556. The van der Waals surface area contributed by atoms with Crippen molar-refractivity contribution in [2.75, 3.05) is 13.1 Å². The quantitative estimate of drug-likeness (QED) is 0.798. The van der Waals surface area contributed by atoms with Gasteiger partial charge in [-0.3, -0.25) is 9.59 Å². The molecule has 4 nitrogen and oxygen atoms in total. The molecular weight excluding hydrogens is 278 g/mol. The predicted molar refractivity (Wildman–Crippen MR) is 88.1 cm³/mol. The number of carbonyl (C=O) groups excluding carboxylic acids is 1. The summed E-state index contributed by atoms with van der Waals surface area (Å²) in [7, 11) is 0. The maximum Gasteiger partial charge on any atom is 0.305 e. The molecule has 1 amide bonds. The highest BCUT2D eigenvalue weighted by Crippen LogP contribution is 2.23. The Kier molecular flexibility index (Phi) is 7.09. The molecule has 4 heteroatoms. The van der Waals surface area contributed by atoms with Gasteiger partial charge in [0, 0.05) is 19.5 Å². The minimum atomic E-state index is -0.872. The summed E-state index contributed by atoms with van der Waals surface area (Å²) in [4.78, 5) is 24.5. The molecule has 1 aromatic carbocycles. The van der Waals surface area contributed by atoms with Gasteiger partial charge >= 0.3 is 5.97 Å². The molecule has 0 spiro atoms. The van der Waals surface area contributed by atoms with Crippen molar-refractivity contribution in [1.82, 2.24) is 4.90 Å². The Bertz CT molecular complexity index is 494. The summed E-state index contributed by atoms with van der Waals surface area (Å²) in [6, 6.07) is 8.40. The number of aliphatic carboxylic acids is 1. The molecule has 1 N–H and O–H groups in total. The molecule has 0 radical (unpaired) electrons. The van der Waals surface area contributed by atoms with Gasteiger partial charge in [0.1, 0.15) is 0 Å². The van der Waals surface area contributed by atoms with Crippen LogP contribution in [0.5, 0.6) is 0 Å². The molecule has 0 aliphatic heterocycles. The van der Waals surface area contributed by atoms with E-state index in [2.05, 4.69) is 38.1 Å². The van der Waals surface area contributed by atoms with Crippen molar-refractivity contribution in [3.8, 4) is 0 Å². The number of amides is 1. The highest BCUT2D eigenvalue weighted by atomic mass is 16.4. The van der Waals surface area contributed by atoms with Crippen LogP contribution in [0.25, 0.3) is 0 Å². The number of carboxylic acid groups (broad SMARTS) is 1. The van der Waals surface area contributed by atoms with Crippen molar-refractivity contribution in [1.29, 1.82) is 0 Å². The molecule has 1 aromatic rings. The van der Waals surface area contributed by atoms with Gasteiger partial charge in [0.2, 0.25) is 5.91 Å². The molecule has 1 unspecified atom stereocenters. The van der Waals surface area contributed by atoms with E-state index in [9.17, 15) is 9.59 Å². The zero-order chi connectivity index (χ0) is 16.7. The smallest absolute Gasteiger partial charge is 0.305 e. The van der Waals surface area contributed by atoms with Gasteiger partial charge < -0.3 is 10.0 Å². The molecule has 0 aromatic heterocycles.